The van der Waals surface area contributed by atoms with Gasteiger partial charge < -0.3 is 0 Å². The van der Waals surface area contributed by atoms with Gasteiger partial charge in [-0.25, -0.2) is 0 Å². The Bertz CT molecular complexity index is 7.51. The summed E-state index contributed by atoms with van der Waals surface area (Å²) in [4.78, 5) is 0. The van der Waals surface area contributed by atoms with Gasteiger partial charge in [0.05, 0.1) is 0 Å². The molecule has 0 unspecified atom stereocenters. The molecule has 0 aromatic rings. The molecule has 0 aromatic heterocycles. The van der Waals surface area contributed by atoms with Crippen molar-refractivity contribution in [2.24, 2.45) is 0 Å². The second-order valence-electron chi connectivity index (χ2n) is 0. The third-order valence-corrected chi connectivity index (χ3v) is 0. The minimum atomic E-state index is 0. The number of halogens is 4. The number of hydrogen-bond acceptors (Lipinski definition) is 0. The second-order valence-corrected chi connectivity index (χ2v) is 0. The van der Waals surface area contributed by atoms with E-state index in [-0.39, 0.29) is 89.1 Å². The van der Waals surface area contributed by atoms with E-state index in [0.717, 1.165) is 0 Å². The summed E-state index contributed by atoms with van der Waals surface area (Å²) in [5.41, 5.74) is 0. The van der Waals surface area contributed by atoms with Gasteiger partial charge in [0.2, 0.25) is 0 Å². The molecule has 0 saturated carbocycles. The average molecular weight is 399 g/mol. The molecule has 0 aromatic carbocycles. The van der Waals surface area contributed by atoms with Gasteiger partial charge in [0, 0.05) is 39.4 Å². The fraction of sp³-hybridized carbons (Fsp3) is 0. The van der Waals surface area contributed by atoms with Crippen LogP contribution in [0, 0.1) is 0 Å². The first-order chi connectivity index (χ1) is 0. The monoisotopic (exact) mass is 397 g/mol. The molecular formula is H4AuCl4Fe. The van der Waals surface area contributed by atoms with Crippen molar-refractivity contribution in [2.75, 3.05) is 0 Å². The summed E-state index contributed by atoms with van der Waals surface area (Å²) in [5.74, 6) is 0. The zero-order valence-electron chi connectivity index (χ0n) is 2.29. The SMILES string of the molecule is Cl.Cl.Cl.Cl.[Au].[Fe]. The fourth-order valence-corrected chi connectivity index (χ4v) is 0. The first kappa shape index (κ1) is 79.2. The predicted octanol–water partition coefficient (Wildman–Crippen LogP) is 1.68. The Morgan fingerprint density at radius 3 is 0.500 bits per heavy atom. The Kier molecular flexibility index (Phi) is 689. The molecule has 0 atom stereocenters. The molecule has 0 aliphatic rings. The van der Waals surface area contributed by atoms with E-state index in [2.05, 4.69) is 0 Å². The normalized spacial score (nSPS) is 0. The Hall–Kier alpha value is 2.42. The molecule has 0 bridgehead atoms. The zero-order valence-corrected chi connectivity index (χ0v) is 8.82. The molecular weight excluding hydrogens is 395 g/mol. The van der Waals surface area contributed by atoms with Gasteiger partial charge in [0.25, 0.3) is 0 Å². The van der Waals surface area contributed by atoms with Crippen molar-refractivity contribution in [2.45, 2.75) is 0 Å². The third kappa shape index (κ3) is 32.2. The summed E-state index contributed by atoms with van der Waals surface area (Å²) in [6, 6.07) is 0. The summed E-state index contributed by atoms with van der Waals surface area (Å²) in [5, 5.41) is 0. The molecule has 51 valence electrons. The van der Waals surface area contributed by atoms with E-state index in [4.69, 9.17) is 0 Å². The molecule has 0 fully saturated rings. The van der Waals surface area contributed by atoms with Gasteiger partial charge in [0.1, 0.15) is 0 Å². The topological polar surface area (TPSA) is 0 Å². The van der Waals surface area contributed by atoms with Crippen molar-refractivity contribution < 1.29 is 39.4 Å². The summed E-state index contributed by atoms with van der Waals surface area (Å²) in [7, 11) is 0. The molecule has 0 spiro atoms. The molecule has 0 nitrogen and oxygen atoms in total. The van der Waals surface area contributed by atoms with Crippen molar-refractivity contribution in [3.63, 3.8) is 0 Å². The van der Waals surface area contributed by atoms with Crippen molar-refractivity contribution in [3.8, 4) is 0 Å². The van der Waals surface area contributed by atoms with Crippen molar-refractivity contribution in [1.82, 2.24) is 0 Å². The largest absolute Gasteiger partial charge is 0.147 e. The van der Waals surface area contributed by atoms with E-state index < -0.39 is 0 Å². The second kappa shape index (κ2) is 52.2. The molecule has 0 aliphatic heterocycles. The van der Waals surface area contributed by atoms with Crippen LogP contribution in [0.5, 0.6) is 0 Å². The van der Waals surface area contributed by atoms with Crippen LogP contribution in [0.3, 0.4) is 0 Å². The molecule has 0 aliphatic carbocycles. The van der Waals surface area contributed by atoms with Gasteiger partial charge in [-0.05, 0) is 0 Å². The molecule has 6 heteroatoms. The number of rotatable bonds is 0. The van der Waals surface area contributed by atoms with E-state index in [1.54, 1.807) is 0 Å². The zero-order chi connectivity index (χ0) is 0. The maximum absolute atomic E-state index is 0. The predicted molar refractivity (Wildman–Crippen MR) is 29.0 cm³/mol. The van der Waals surface area contributed by atoms with E-state index in [1.165, 1.54) is 0 Å². The van der Waals surface area contributed by atoms with Crippen LogP contribution in [-0.2, 0) is 39.4 Å². The minimum Gasteiger partial charge on any atom is -0.147 e. The van der Waals surface area contributed by atoms with Gasteiger partial charge in [0.15, 0.2) is 0 Å². The first-order valence-corrected chi connectivity index (χ1v) is 0. The molecule has 1 radical (unpaired) electrons. The van der Waals surface area contributed by atoms with Crippen LogP contribution in [-0.4, -0.2) is 0 Å². The molecule has 0 N–H and O–H groups in total. The summed E-state index contributed by atoms with van der Waals surface area (Å²) in [6.07, 6.45) is 0. The van der Waals surface area contributed by atoms with Crippen LogP contribution < -0.4 is 0 Å². The van der Waals surface area contributed by atoms with Crippen molar-refractivity contribution >= 4 is 49.6 Å². The molecule has 0 rings (SSSR count). The van der Waals surface area contributed by atoms with E-state index in [9.17, 15) is 0 Å². The molecule has 6 heavy (non-hydrogen) atoms. The van der Waals surface area contributed by atoms with Crippen molar-refractivity contribution in [1.29, 1.82) is 0 Å². The maximum Gasteiger partial charge on any atom is 0 e. The van der Waals surface area contributed by atoms with Crippen LogP contribution in [0.15, 0.2) is 0 Å². The molecule has 0 heterocycles. The van der Waals surface area contributed by atoms with Gasteiger partial charge in [-0.3, -0.25) is 0 Å². The van der Waals surface area contributed by atoms with Crippen LogP contribution in [0.2, 0.25) is 0 Å². The summed E-state index contributed by atoms with van der Waals surface area (Å²) in [6.45, 7) is 0. The standard InChI is InChI=1S/Au.4ClH.Fe/h;4*1H;. The Morgan fingerprint density at radius 1 is 0.500 bits per heavy atom. The van der Waals surface area contributed by atoms with Gasteiger partial charge >= 0.3 is 0 Å². The smallest absolute Gasteiger partial charge is 0 e. The van der Waals surface area contributed by atoms with Crippen LogP contribution in [0.1, 0.15) is 0 Å². The maximum atomic E-state index is 0. The van der Waals surface area contributed by atoms with Crippen LogP contribution in [0.4, 0.5) is 0 Å². The minimum absolute atomic E-state index is 0. The Balaban J connectivity index is 0. The third-order valence-electron chi connectivity index (χ3n) is 0. The van der Waals surface area contributed by atoms with Gasteiger partial charge in [-0.15, -0.1) is 49.6 Å². The Morgan fingerprint density at radius 2 is 0.500 bits per heavy atom. The average Bonchev–Trinajstić information content (AvgIpc) is 0. The Labute approximate surface area is 88.2 Å². The van der Waals surface area contributed by atoms with E-state index >= 15 is 0 Å². The first-order valence-electron chi connectivity index (χ1n) is 0. The summed E-state index contributed by atoms with van der Waals surface area (Å²) < 4.78 is 0. The van der Waals surface area contributed by atoms with Crippen LogP contribution >= 0.6 is 49.6 Å². The molecule has 0 amide bonds. The fourth-order valence-electron chi connectivity index (χ4n) is 0. The number of hydrogen-bond donors (Lipinski definition) is 0. The molecule has 0 saturated heterocycles. The van der Waals surface area contributed by atoms with Crippen LogP contribution in [0.25, 0.3) is 0 Å². The van der Waals surface area contributed by atoms with Gasteiger partial charge in [-0.1, -0.05) is 0 Å². The summed E-state index contributed by atoms with van der Waals surface area (Å²) >= 11 is 0. The van der Waals surface area contributed by atoms with Crippen molar-refractivity contribution in [3.05, 3.63) is 0 Å². The quantitative estimate of drug-likeness (QED) is 0.545. The van der Waals surface area contributed by atoms with E-state index in [1.807, 2.05) is 0 Å². The van der Waals surface area contributed by atoms with E-state index in [0.29, 0.717) is 0 Å². The van der Waals surface area contributed by atoms with Gasteiger partial charge in [-0.2, -0.15) is 0 Å².